The van der Waals surface area contributed by atoms with Gasteiger partial charge in [-0.15, -0.1) is 0 Å². The Bertz CT molecular complexity index is 755. The van der Waals surface area contributed by atoms with Gasteiger partial charge in [-0.25, -0.2) is 4.79 Å². The summed E-state index contributed by atoms with van der Waals surface area (Å²) in [6.45, 7) is 3.84. The van der Waals surface area contributed by atoms with Crippen LogP contribution in [0.3, 0.4) is 0 Å². The molecule has 3 N–H and O–H groups in total. The van der Waals surface area contributed by atoms with Crippen molar-refractivity contribution in [2.75, 3.05) is 5.32 Å². The van der Waals surface area contributed by atoms with E-state index >= 15 is 0 Å². The molecule has 2 rings (SSSR count). The van der Waals surface area contributed by atoms with Crippen molar-refractivity contribution in [2.24, 2.45) is 0 Å². The fourth-order valence-electron chi connectivity index (χ4n) is 2.18. The summed E-state index contributed by atoms with van der Waals surface area (Å²) < 4.78 is 5.59. The molecule has 0 atom stereocenters. The van der Waals surface area contributed by atoms with E-state index in [-0.39, 0.29) is 29.7 Å². The number of ether oxygens (including phenoxy) is 1. The number of hydrogen-bond donors (Lipinski definition) is 3. The van der Waals surface area contributed by atoms with Crippen LogP contribution >= 0.6 is 0 Å². The minimum absolute atomic E-state index is 0.0421. The normalized spacial score (nSPS) is 10.5. The van der Waals surface area contributed by atoms with Crippen LogP contribution in [0.2, 0.25) is 0 Å². The lowest BCUT2D eigenvalue weighted by molar-refractivity contribution is -0.115. The predicted octanol–water partition coefficient (Wildman–Crippen LogP) is 3.06. The van der Waals surface area contributed by atoms with Crippen LogP contribution in [0, 0.1) is 0 Å². The summed E-state index contributed by atoms with van der Waals surface area (Å²) in [6.07, 6.45) is 0.166. The van der Waals surface area contributed by atoms with E-state index in [4.69, 9.17) is 9.84 Å². The zero-order valence-electron chi connectivity index (χ0n) is 13.4. The van der Waals surface area contributed by atoms with E-state index < -0.39 is 5.97 Å². The molecule has 0 spiro atoms. The van der Waals surface area contributed by atoms with Crippen molar-refractivity contribution in [3.8, 4) is 11.5 Å². The predicted molar refractivity (Wildman–Crippen MR) is 89.6 cm³/mol. The van der Waals surface area contributed by atoms with Gasteiger partial charge in [-0.2, -0.15) is 0 Å². The summed E-state index contributed by atoms with van der Waals surface area (Å²) in [4.78, 5) is 23.1. The molecule has 0 unspecified atom stereocenters. The third-order valence-corrected chi connectivity index (χ3v) is 3.15. The number of aromatic carboxylic acids is 1. The van der Waals surface area contributed by atoms with E-state index in [1.807, 2.05) is 32.0 Å². The lowest BCUT2D eigenvalue weighted by Crippen LogP contribution is -2.15. The molecule has 2 aromatic rings. The van der Waals surface area contributed by atoms with Gasteiger partial charge in [0, 0.05) is 5.69 Å². The molecular weight excluding hydrogens is 310 g/mol. The second kappa shape index (κ2) is 7.50. The Hall–Kier alpha value is -3.02. The van der Waals surface area contributed by atoms with Gasteiger partial charge in [0.05, 0.1) is 12.5 Å². The Morgan fingerprint density at radius 1 is 1.17 bits per heavy atom. The number of carboxylic acids is 1. The van der Waals surface area contributed by atoms with Crippen LogP contribution in [-0.2, 0) is 11.2 Å². The highest BCUT2D eigenvalue weighted by molar-refractivity contribution is 5.96. The maximum absolute atomic E-state index is 12.1. The third kappa shape index (κ3) is 4.74. The Balaban J connectivity index is 2.06. The molecule has 0 radical (unpaired) electrons. The minimum Gasteiger partial charge on any atom is -0.507 e. The van der Waals surface area contributed by atoms with Gasteiger partial charge in [0.1, 0.15) is 17.1 Å². The molecule has 126 valence electrons. The number of carboxylic acid groups (broad SMARTS) is 1. The number of amides is 1. The topological polar surface area (TPSA) is 95.9 Å². The highest BCUT2D eigenvalue weighted by atomic mass is 16.5. The van der Waals surface area contributed by atoms with Gasteiger partial charge in [0.15, 0.2) is 0 Å². The lowest BCUT2D eigenvalue weighted by atomic mass is 10.1. The molecule has 0 bridgehead atoms. The van der Waals surface area contributed by atoms with Crippen LogP contribution in [0.15, 0.2) is 42.5 Å². The number of carbonyl (C=O) groups excluding carboxylic acids is 1. The number of aromatic hydroxyl groups is 1. The average molecular weight is 329 g/mol. The van der Waals surface area contributed by atoms with Crippen molar-refractivity contribution in [2.45, 2.75) is 26.4 Å². The summed E-state index contributed by atoms with van der Waals surface area (Å²) >= 11 is 0. The molecule has 0 heterocycles. The molecule has 1 amide bonds. The largest absolute Gasteiger partial charge is 0.507 e. The van der Waals surface area contributed by atoms with Crippen LogP contribution < -0.4 is 10.1 Å². The highest BCUT2D eigenvalue weighted by Gasteiger charge is 2.12. The highest BCUT2D eigenvalue weighted by Crippen LogP contribution is 2.22. The van der Waals surface area contributed by atoms with E-state index in [2.05, 4.69) is 5.32 Å². The van der Waals surface area contributed by atoms with E-state index in [0.29, 0.717) is 11.4 Å². The van der Waals surface area contributed by atoms with Gasteiger partial charge >= 0.3 is 5.97 Å². The summed E-state index contributed by atoms with van der Waals surface area (Å²) in [5.41, 5.74) is 0.827. The number of benzene rings is 2. The van der Waals surface area contributed by atoms with E-state index in [0.717, 1.165) is 5.56 Å². The Kier molecular flexibility index (Phi) is 5.42. The van der Waals surface area contributed by atoms with Crippen molar-refractivity contribution < 1.29 is 24.5 Å². The van der Waals surface area contributed by atoms with Gasteiger partial charge in [0.2, 0.25) is 5.91 Å². The molecule has 0 fully saturated rings. The molecule has 0 aliphatic carbocycles. The molecule has 0 aromatic heterocycles. The summed E-state index contributed by atoms with van der Waals surface area (Å²) in [7, 11) is 0. The zero-order chi connectivity index (χ0) is 17.7. The Morgan fingerprint density at radius 3 is 2.58 bits per heavy atom. The second-order valence-electron chi connectivity index (χ2n) is 5.58. The SMILES string of the molecule is CC(C)Oc1cccc(CC(=O)Nc2ccc(O)c(C(=O)O)c2)c1. The maximum Gasteiger partial charge on any atom is 0.339 e. The first-order valence-electron chi connectivity index (χ1n) is 7.47. The van der Waals surface area contributed by atoms with Crippen LogP contribution in [0.1, 0.15) is 29.8 Å². The van der Waals surface area contributed by atoms with Crippen molar-refractivity contribution in [1.82, 2.24) is 0 Å². The van der Waals surface area contributed by atoms with Gasteiger partial charge in [0.25, 0.3) is 0 Å². The van der Waals surface area contributed by atoms with Gasteiger partial charge in [-0.3, -0.25) is 4.79 Å². The molecule has 0 aliphatic heterocycles. The molecule has 2 aromatic carbocycles. The second-order valence-corrected chi connectivity index (χ2v) is 5.58. The Morgan fingerprint density at radius 2 is 1.92 bits per heavy atom. The number of nitrogens with one attached hydrogen (secondary N) is 1. The van der Waals surface area contributed by atoms with Gasteiger partial charge in [-0.1, -0.05) is 12.1 Å². The van der Waals surface area contributed by atoms with Gasteiger partial charge < -0.3 is 20.3 Å². The first-order valence-corrected chi connectivity index (χ1v) is 7.47. The molecular formula is C18H19NO5. The number of hydrogen-bond acceptors (Lipinski definition) is 4. The first kappa shape index (κ1) is 17.3. The summed E-state index contributed by atoms with van der Waals surface area (Å²) in [5, 5.41) is 21.1. The molecule has 0 saturated heterocycles. The number of rotatable bonds is 6. The standard InChI is InChI=1S/C18H19NO5/c1-11(2)24-14-5-3-4-12(8-14)9-17(21)19-13-6-7-16(20)15(10-13)18(22)23/h3-8,10-11,20H,9H2,1-2H3,(H,19,21)(H,22,23). The quantitative estimate of drug-likeness (QED) is 0.708. The zero-order valence-corrected chi connectivity index (χ0v) is 13.4. The third-order valence-electron chi connectivity index (χ3n) is 3.15. The van der Waals surface area contributed by atoms with Gasteiger partial charge in [-0.05, 0) is 49.7 Å². The number of carbonyl (C=O) groups is 2. The van der Waals surface area contributed by atoms with Crippen LogP contribution in [0.5, 0.6) is 11.5 Å². The number of anilines is 1. The van der Waals surface area contributed by atoms with E-state index in [1.165, 1.54) is 18.2 Å². The fraction of sp³-hybridized carbons (Fsp3) is 0.222. The molecule has 6 heteroatoms. The lowest BCUT2D eigenvalue weighted by Gasteiger charge is -2.11. The summed E-state index contributed by atoms with van der Waals surface area (Å²) in [5.74, 6) is -1.21. The van der Waals surface area contributed by atoms with Crippen molar-refractivity contribution in [3.63, 3.8) is 0 Å². The van der Waals surface area contributed by atoms with Crippen LogP contribution in [-0.4, -0.2) is 28.2 Å². The summed E-state index contributed by atoms with van der Waals surface area (Å²) in [6, 6.07) is 11.1. The molecule has 24 heavy (non-hydrogen) atoms. The van der Waals surface area contributed by atoms with Crippen molar-refractivity contribution >= 4 is 17.6 Å². The molecule has 0 aliphatic rings. The van der Waals surface area contributed by atoms with Crippen LogP contribution in [0.25, 0.3) is 0 Å². The molecule has 0 saturated carbocycles. The monoisotopic (exact) mass is 329 g/mol. The fourth-order valence-corrected chi connectivity index (χ4v) is 2.18. The molecule has 6 nitrogen and oxygen atoms in total. The first-order chi connectivity index (χ1) is 11.3. The van der Waals surface area contributed by atoms with Crippen molar-refractivity contribution in [3.05, 3.63) is 53.6 Å². The van der Waals surface area contributed by atoms with Crippen LogP contribution in [0.4, 0.5) is 5.69 Å². The smallest absolute Gasteiger partial charge is 0.339 e. The van der Waals surface area contributed by atoms with E-state index in [9.17, 15) is 14.7 Å². The minimum atomic E-state index is -1.26. The maximum atomic E-state index is 12.1. The average Bonchev–Trinajstić information content (AvgIpc) is 2.48. The van der Waals surface area contributed by atoms with Crippen molar-refractivity contribution in [1.29, 1.82) is 0 Å². The van der Waals surface area contributed by atoms with E-state index in [1.54, 1.807) is 6.07 Å². The Labute approximate surface area is 139 Å². The number of phenols is 1.